The van der Waals surface area contributed by atoms with Crippen molar-refractivity contribution in [3.05, 3.63) is 0 Å². The van der Waals surface area contributed by atoms with Crippen LogP contribution in [0.15, 0.2) is 0 Å². The summed E-state index contributed by atoms with van der Waals surface area (Å²) in [5.74, 6) is 1.35. The van der Waals surface area contributed by atoms with E-state index in [1.165, 1.54) is 0 Å². The Labute approximate surface area is 120 Å². The van der Waals surface area contributed by atoms with Gasteiger partial charge in [0, 0.05) is 6.54 Å². The van der Waals surface area contributed by atoms with Crippen LogP contribution < -0.4 is 5.32 Å². The van der Waals surface area contributed by atoms with E-state index in [4.69, 9.17) is 0 Å². The van der Waals surface area contributed by atoms with E-state index < -0.39 is 0 Å². The molecule has 5 heteroatoms. The number of nitrogens with one attached hydrogen (secondary N) is 1. The summed E-state index contributed by atoms with van der Waals surface area (Å²) in [6.45, 7) is 6.61. The van der Waals surface area contributed by atoms with Crippen LogP contribution in [0.1, 0.15) is 40.0 Å². The molecule has 19 heavy (non-hydrogen) atoms. The monoisotopic (exact) mass is 286 g/mol. The molecule has 1 saturated heterocycles. The lowest BCUT2D eigenvalue weighted by Crippen LogP contribution is -2.64. The van der Waals surface area contributed by atoms with E-state index in [0.29, 0.717) is 13.0 Å². The van der Waals surface area contributed by atoms with Crippen LogP contribution in [-0.2, 0) is 9.59 Å². The summed E-state index contributed by atoms with van der Waals surface area (Å²) in [6, 6.07) is -0.632. The highest BCUT2D eigenvalue weighted by molar-refractivity contribution is 7.98. The fraction of sp³-hybridized carbons (Fsp3) is 0.857. The van der Waals surface area contributed by atoms with E-state index in [2.05, 4.69) is 11.6 Å². The van der Waals surface area contributed by atoms with Gasteiger partial charge in [0.05, 0.1) is 0 Å². The van der Waals surface area contributed by atoms with Crippen LogP contribution in [0.3, 0.4) is 0 Å². The van der Waals surface area contributed by atoms with Gasteiger partial charge >= 0.3 is 0 Å². The standard InChI is InChI=1S/C14H26N2O2S/c1-5-11-13(17)15-12(10(2)3)14(18)16(11)8-6-7-9-19-4/h10-12H,5-9H2,1-4H3,(H,15,17). The lowest BCUT2D eigenvalue weighted by molar-refractivity contribution is -0.150. The first-order valence-corrected chi connectivity index (χ1v) is 8.52. The normalized spacial score (nSPS) is 23.9. The molecule has 0 aromatic heterocycles. The Morgan fingerprint density at radius 2 is 2.00 bits per heavy atom. The van der Waals surface area contributed by atoms with Crippen molar-refractivity contribution in [1.29, 1.82) is 0 Å². The third-order valence-electron chi connectivity index (χ3n) is 3.58. The molecule has 1 rings (SSSR count). The minimum absolute atomic E-state index is 0.00525. The van der Waals surface area contributed by atoms with Crippen LogP contribution in [0.4, 0.5) is 0 Å². The summed E-state index contributed by atoms with van der Waals surface area (Å²) in [4.78, 5) is 26.3. The summed E-state index contributed by atoms with van der Waals surface area (Å²) < 4.78 is 0. The fourth-order valence-corrected chi connectivity index (χ4v) is 2.93. The van der Waals surface area contributed by atoms with Gasteiger partial charge in [-0.15, -0.1) is 0 Å². The lowest BCUT2D eigenvalue weighted by atomic mass is 9.96. The molecule has 1 aliphatic heterocycles. The van der Waals surface area contributed by atoms with Gasteiger partial charge in [-0.25, -0.2) is 0 Å². The van der Waals surface area contributed by atoms with Crippen molar-refractivity contribution < 1.29 is 9.59 Å². The zero-order chi connectivity index (χ0) is 14.4. The van der Waals surface area contributed by atoms with Gasteiger partial charge in [-0.05, 0) is 37.2 Å². The van der Waals surface area contributed by atoms with Gasteiger partial charge in [0.1, 0.15) is 12.1 Å². The molecule has 0 bridgehead atoms. The number of carbonyl (C=O) groups excluding carboxylic acids is 2. The SMILES string of the molecule is CCC1C(=O)NC(C(C)C)C(=O)N1CCCCSC. The minimum atomic E-state index is -0.351. The molecule has 0 aromatic rings. The maximum absolute atomic E-state index is 12.5. The highest BCUT2D eigenvalue weighted by Gasteiger charge is 2.40. The van der Waals surface area contributed by atoms with Crippen LogP contribution in [0.2, 0.25) is 0 Å². The highest BCUT2D eigenvalue weighted by atomic mass is 32.2. The second kappa shape index (κ2) is 7.78. The Morgan fingerprint density at radius 3 is 2.53 bits per heavy atom. The van der Waals surface area contributed by atoms with Gasteiger partial charge in [0.2, 0.25) is 11.8 Å². The smallest absolute Gasteiger partial charge is 0.246 e. The van der Waals surface area contributed by atoms with E-state index >= 15 is 0 Å². The maximum Gasteiger partial charge on any atom is 0.246 e. The maximum atomic E-state index is 12.5. The zero-order valence-electron chi connectivity index (χ0n) is 12.4. The molecular weight excluding hydrogens is 260 g/mol. The van der Waals surface area contributed by atoms with Crippen molar-refractivity contribution >= 4 is 23.6 Å². The number of carbonyl (C=O) groups is 2. The lowest BCUT2D eigenvalue weighted by Gasteiger charge is -2.40. The Balaban J connectivity index is 2.69. The topological polar surface area (TPSA) is 49.4 Å². The second-order valence-electron chi connectivity index (χ2n) is 5.39. The van der Waals surface area contributed by atoms with Gasteiger partial charge in [0.15, 0.2) is 0 Å². The molecular formula is C14H26N2O2S. The van der Waals surface area contributed by atoms with Crippen LogP contribution in [0.5, 0.6) is 0 Å². The minimum Gasteiger partial charge on any atom is -0.342 e. The third-order valence-corrected chi connectivity index (χ3v) is 4.27. The molecule has 1 aliphatic rings. The molecule has 1 N–H and O–H groups in total. The predicted octanol–water partition coefficient (Wildman–Crippen LogP) is 1.89. The Morgan fingerprint density at radius 1 is 1.32 bits per heavy atom. The molecule has 0 aromatic carbocycles. The zero-order valence-corrected chi connectivity index (χ0v) is 13.3. The van der Waals surface area contributed by atoms with Gasteiger partial charge in [-0.3, -0.25) is 9.59 Å². The molecule has 2 unspecified atom stereocenters. The summed E-state index contributed by atoms with van der Waals surface area (Å²) in [6.07, 6.45) is 4.84. The fourth-order valence-electron chi connectivity index (χ4n) is 2.44. The summed E-state index contributed by atoms with van der Waals surface area (Å²) in [5.41, 5.74) is 0. The van der Waals surface area contributed by atoms with Crippen molar-refractivity contribution in [2.75, 3.05) is 18.6 Å². The van der Waals surface area contributed by atoms with Crippen molar-refractivity contribution in [3.63, 3.8) is 0 Å². The van der Waals surface area contributed by atoms with Crippen molar-refractivity contribution in [2.24, 2.45) is 5.92 Å². The second-order valence-corrected chi connectivity index (χ2v) is 6.37. The number of unbranched alkanes of at least 4 members (excludes halogenated alkanes) is 1. The number of rotatable bonds is 7. The largest absolute Gasteiger partial charge is 0.342 e. The van der Waals surface area contributed by atoms with E-state index in [0.717, 1.165) is 18.6 Å². The molecule has 2 amide bonds. The van der Waals surface area contributed by atoms with Crippen molar-refractivity contribution in [2.45, 2.75) is 52.1 Å². The Bertz CT molecular complexity index is 321. The van der Waals surface area contributed by atoms with Crippen molar-refractivity contribution in [1.82, 2.24) is 10.2 Å². The van der Waals surface area contributed by atoms with Crippen LogP contribution in [0, 0.1) is 5.92 Å². The average molecular weight is 286 g/mol. The molecule has 1 heterocycles. The molecule has 0 spiro atoms. The first kappa shape index (κ1) is 16.3. The first-order chi connectivity index (χ1) is 9.02. The summed E-state index contributed by atoms with van der Waals surface area (Å²) in [5, 5.41) is 2.86. The first-order valence-electron chi connectivity index (χ1n) is 7.12. The molecule has 4 nitrogen and oxygen atoms in total. The van der Waals surface area contributed by atoms with E-state index in [1.54, 1.807) is 4.90 Å². The number of hydrogen-bond donors (Lipinski definition) is 1. The summed E-state index contributed by atoms with van der Waals surface area (Å²) >= 11 is 1.82. The van der Waals surface area contributed by atoms with Gasteiger partial charge in [-0.1, -0.05) is 20.8 Å². The number of hydrogen-bond acceptors (Lipinski definition) is 3. The average Bonchev–Trinajstić information content (AvgIpc) is 2.37. The van der Waals surface area contributed by atoms with E-state index in [1.807, 2.05) is 32.5 Å². The van der Waals surface area contributed by atoms with Gasteiger partial charge in [-0.2, -0.15) is 11.8 Å². The molecule has 0 saturated carbocycles. The van der Waals surface area contributed by atoms with Gasteiger partial charge < -0.3 is 10.2 Å². The molecule has 1 fully saturated rings. The third kappa shape index (κ3) is 4.13. The predicted molar refractivity (Wildman–Crippen MR) is 80.2 cm³/mol. The van der Waals surface area contributed by atoms with Crippen molar-refractivity contribution in [3.8, 4) is 0 Å². The number of thioether (sulfide) groups is 1. The summed E-state index contributed by atoms with van der Waals surface area (Å²) in [7, 11) is 0. The van der Waals surface area contributed by atoms with Crippen LogP contribution in [-0.4, -0.2) is 47.4 Å². The van der Waals surface area contributed by atoms with Crippen LogP contribution in [0.25, 0.3) is 0 Å². The molecule has 0 aliphatic carbocycles. The van der Waals surface area contributed by atoms with Gasteiger partial charge in [0.25, 0.3) is 0 Å². The van der Waals surface area contributed by atoms with Crippen LogP contribution >= 0.6 is 11.8 Å². The number of nitrogens with zero attached hydrogens (tertiary/aromatic N) is 1. The molecule has 110 valence electrons. The quantitative estimate of drug-likeness (QED) is 0.727. The number of amides is 2. The van der Waals surface area contributed by atoms with E-state index in [9.17, 15) is 9.59 Å². The number of piperazine rings is 1. The highest BCUT2D eigenvalue weighted by Crippen LogP contribution is 2.18. The molecule has 2 atom stereocenters. The van der Waals surface area contributed by atoms with E-state index in [-0.39, 0.29) is 29.8 Å². The molecule has 0 radical (unpaired) electrons. The Hall–Kier alpha value is -0.710. The Kier molecular flexibility index (Phi) is 6.69.